The Morgan fingerprint density at radius 1 is 1.19 bits per heavy atom. The largest absolute Gasteiger partial charge is 0.385 e. The van der Waals surface area contributed by atoms with Crippen molar-refractivity contribution in [1.82, 2.24) is 0 Å². The van der Waals surface area contributed by atoms with Gasteiger partial charge in [-0.2, -0.15) is 0 Å². The van der Waals surface area contributed by atoms with Crippen molar-refractivity contribution in [3.8, 4) is 0 Å². The molecule has 4 unspecified atom stereocenters. The van der Waals surface area contributed by atoms with E-state index in [-0.39, 0.29) is 5.41 Å². The molecular weight excluding hydrogens is 320 g/mol. The van der Waals surface area contributed by atoms with Gasteiger partial charge in [-0.15, -0.1) is 5.73 Å². The standard InChI is InChI=1S/C24H32O2/c1-16(2)5-4-12-24(26)14-11-22-21-8-6-17-15-18(25)7-9-19(17)20(21)10-13-23(22,24)3/h5,12,15-16,21-22,26H,6-11,13-14H2,1-3H3. The Labute approximate surface area is 157 Å². The molecule has 0 aromatic carbocycles. The summed E-state index contributed by atoms with van der Waals surface area (Å²) in [5, 5.41) is 11.5. The third-order valence-electron chi connectivity index (χ3n) is 7.70. The number of carbonyl (C=O) groups is 1. The van der Waals surface area contributed by atoms with Gasteiger partial charge in [0.05, 0.1) is 5.60 Å². The monoisotopic (exact) mass is 352 g/mol. The third-order valence-corrected chi connectivity index (χ3v) is 7.70. The Balaban J connectivity index is 1.67. The molecule has 140 valence electrons. The van der Waals surface area contributed by atoms with Crippen LogP contribution < -0.4 is 0 Å². The lowest BCUT2D eigenvalue weighted by Crippen LogP contribution is -2.48. The van der Waals surface area contributed by atoms with Gasteiger partial charge in [-0.05, 0) is 92.1 Å². The second kappa shape index (κ2) is 6.36. The van der Waals surface area contributed by atoms with Gasteiger partial charge in [0.2, 0.25) is 0 Å². The number of ketones is 1. The first-order valence-electron chi connectivity index (χ1n) is 10.5. The number of fused-ring (bicyclic) bond motifs is 4. The molecular formula is C24H32O2. The molecule has 0 bridgehead atoms. The Morgan fingerprint density at radius 2 is 2.00 bits per heavy atom. The lowest BCUT2D eigenvalue weighted by molar-refractivity contribution is -0.114. The van der Waals surface area contributed by atoms with Gasteiger partial charge >= 0.3 is 0 Å². The van der Waals surface area contributed by atoms with Gasteiger partial charge in [-0.1, -0.05) is 26.3 Å². The molecule has 2 fully saturated rings. The van der Waals surface area contributed by atoms with Crippen LogP contribution in [0, 0.1) is 23.2 Å². The van der Waals surface area contributed by atoms with Crippen LogP contribution in [-0.2, 0) is 4.79 Å². The zero-order valence-electron chi connectivity index (χ0n) is 16.5. The maximum Gasteiger partial charge on any atom is 0.156 e. The maximum atomic E-state index is 11.8. The van der Waals surface area contributed by atoms with Crippen LogP contribution in [0.2, 0.25) is 0 Å². The fourth-order valence-electron chi connectivity index (χ4n) is 6.20. The van der Waals surface area contributed by atoms with Crippen LogP contribution in [0.25, 0.3) is 0 Å². The van der Waals surface area contributed by atoms with Gasteiger partial charge in [0.25, 0.3) is 0 Å². The predicted octanol–water partition coefficient (Wildman–Crippen LogP) is 5.29. The van der Waals surface area contributed by atoms with E-state index in [9.17, 15) is 9.90 Å². The van der Waals surface area contributed by atoms with Crippen LogP contribution in [0.15, 0.2) is 40.7 Å². The molecule has 26 heavy (non-hydrogen) atoms. The summed E-state index contributed by atoms with van der Waals surface area (Å²) in [7, 11) is 0. The van der Waals surface area contributed by atoms with Crippen molar-refractivity contribution in [2.24, 2.45) is 23.2 Å². The Kier molecular flexibility index (Phi) is 4.40. The van der Waals surface area contributed by atoms with Gasteiger partial charge in [0.1, 0.15) is 0 Å². The van der Waals surface area contributed by atoms with E-state index >= 15 is 0 Å². The summed E-state index contributed by atoms with van der Waals surface area (Å²) < 4.78 is 0. The summed E-state index contributed by atoms with van der Waals surface area (Å²) in [6, 6.07) is 0. The highest BCUT2D eigenvalue weighted by Gasteiger charge is 2.59. The summed E-state index contributed by atoms with van der Waals surface area (Å²) in [5.41, 5.74) is 6.97. The fourth-order valence-corrected chi connectivity index (χ4v) is 6.20. The van der Waals surface area contributed by atoms with E-state index in [1.54, 1.807) is 5.57 Å². The molecule has 0 aromatic rings. The first kappa shape index (κ1) is 18.0. The van der Waals surface area contributed by atoms with Crippen molar-refractivity contribution in [2.45, 2.75) is 77.7 Å². The summed E-state index contributed by atoms with van der Waals surface area (Å²) in [4.78, 5) is 11.8. The molecule has 2 heteroatoms. The van der Waals surface area contributed by atoms with Crippen LogP contribution in [-0.4, -0.2) is 16.5 Å². The van der Waals surface area contributed by atoms with Gasteiger partial charge in [-0.25, -0.2) is 0 Å². The van der Waals surface area contributed by atoms with Crippen molar-refractivity contribution in [1.29, 1.82) is 0 Å². The summed E-state index contributed by atoms with van der Waals surface area (Å²) in [6.07, 6.45) is 13.9. The molecule has 4 atom stereocenters. The zero-order valence-corrected chi connectivity index (χ0v) is 16.5. The third kappa shape index (κ3) is 2.70. The number of hydrogen-bond acceptors (Lipinski definition) is 2. The van der Waals surface area contributed by atoms with Crippen LogP contribution in [0.1, 0.15) is 72.1 Å². The van der Waals surface area contributed by atoms with Crippen molar-refractivity contribution in [3.63, 3.8) is 0 Å². The van der Waals surface area contributed by atoms with Crippen LogP contribution >= 0.6 is 0 Å². The highest BCUT2D eigenvalue weighted by atomic mass is 16.3. The Morgan fingerprint density at radius 3 is 2.77 bits per heavy atom. The average Bonchev–Trinajstić information content (AvgIpc) is 2.85. The van der Waals surface area contributed by atoms with E-state index in [0.717, 1.165) is 44.9 Å². The number of hydrogen-bond donors (Lipinski definition) is 1. The maximum absolute atomic E-state index is 11.8. The lowest BCUT2D eigenvalue weighted by Gasteiger charge is -2.51. The van der Waals surface area contributed by atoms with E-state index in [2.05, 4.69) is 32.6 Å². The predicted molar refractivity (Wildman–Crippen MR) is 105 cm³/mol. The zero-order chi connectivity index (χ0) is 18.5. The van der Waals surface area contributed by atoms with Crippen molar-refractivity contribution < 1.29 is 9.90 Å². The van der Waals surface area contributed by atoms with E-state index in [1.807, 2.05) is 12.2 Å². The summed E-state index contributed by atoms with van der Waals surface area (Å²) in [6.45, 7) is 6.60. The molecule has 0 aliphatic heterocycles. The van der Waals surface area contributed by atoms with Gasteiger partial charge in [0.15, 0.2) is 5.78 Å². The molecule has 2 saturated carbocycles. The van der Waals surface area contributed by atoms with E-state index < -0.39 is 5.60 Å². The molecule has 0 amide bonds. The van der Waals surface area contributed by atoms with E-state index in [1.165, 1.54) is 11.1 Å². The SMILES string of the molecule is CC(C)C=C=CC1(O)CCC2C3CCC4=CC(=O)CCC4=C3CCC21C. The Hall–Kier alpha value is -1.37. The highest BCUT2D eigenvalue weighted by Crippen LogP contribution is 2.63. The van der Waals surface area contributed by atoms with Crippen LogP contribution in [0.5, 0.6) is 0 Å². The molecule has 1 N–H and O–H groups in total. The van der Waals surface area contributed by atoms with Crippen LogP contribution in [0.3, 0.4) is 0 Å². The number of aliphatic hydroxyl groups is 1. The Bertz CT molecular complexity index is 746. The van der Waals surface area contributed by atoms with E-state index in [4.69, 9.17) is 0 Å². The molecule has 4 aliphatic rings. The van der Waals surface area contributed by atoms with Crippen molar-refractivity contribution in [2.75, 3.05) is 0 Å². The minimum Gasteiger partial charge on any atom is -0.385 e. The second-order valence-corrected chi connectivity index (χ2v) is 9.49. The number of carbonyl (C=O) groups excluding carboxylic acids is 1. The molecule has 0 saturated heterocycles. The molecule has 0 aromatic heterocycles. The van der Waals surface area contributed by atoms with Crippen molar-refractivity contribution in [3.05, 3.63) is 40.7 Å². The molecule has 4 aliphatic carbocycles. The average molecular weight is 353 g/mol. The summed E-state index contributed by atoms with van der Waals surface area (Å²) >= 11 is 0. The first-order valence-corrected chi connectivity index (χ1v) is 10.5. The fraction of sp³-hybridized carbons (Fsp3) is 0.667. The van der Waals surface area contributed by atoms with Gasteiger partial charge < -0.3 is 5.11 Å². The van der Waals surface area contributed by atoms with Crippen molar-refractivity contribution >= 4 is 5.78 Å². The number of allylic oxidation sites excluding steroid dienone is 4. The highest BCUT2D eigenvalue weighted by molar-refractivity contribution is 5.93. The van der Waals surface area contributed by atoms with E-state index in [0.29, 0.717) is 30.0 Å². The quantitative estimate of drug-likeness (QED) is 0.686. The topological polar surface area (TPSA) is 37.3 Å². The minimum absolute atomic E-state index is 0.0503. The molecule has 0 heterocycles. The lowest BCUT2D eigenvalue weighted by atomic mass is 9.55. The number of rotatable bonds is 2. The molecule has 4 rings (SSSR count). The normalized spacial score (nSPS) is 39.0. The molecule has 2 nitrogen and oxygen atoms in total. The summed E-state index contributed by atoms with van der Waals surface area (Å²) in [5.74, 6) is 1.92. The molecule has 0 radical (unpaired) electrons. The van der Waals surface area contributed by atoms with Gasteiger partial charge in [-0.3, -0.25) is 4.79 Å². The van der Waals surface area contributed by atoms with Crippen LogP contribution in [0.4, 0.5) is 0 Å². The second-order valence-electron chi connectivity index (χ2n) is 9.49. The molecule has 0 spiro atoms. The first-order chi connectivity index (χ1) is 12.3. The van der Waals surface area contributed by atoms with Gasteiger partial charge in [0, 0.05) is 11.8 Å². The minimum atomic E-state index is -0.724. The smallest absolute Gasteiger partial charge is 0.156 e.